The lowest BCUT2D eigenvalue weighted by Gasteiger charge is -2.19. The molecule has 54 heavy (non-hydrogen) atoms. The van der Waals surface area contributed by atoms with Crippen molar-refractivity contribution < 1.29 is 39.5 Å². The van der Waals surface area contributed by atoms with Crippen molar-refractivity contribution in [3.05, 3.63) is 143 Å². The highest BCUT2D eigenvalue weighted by atomic mass is 19.4. The Labute approximate surface area is 298 Å². The van der Waals surface area contributed by atoms with Crippen molar-refractivity contribution in [1.82, 2.24) is 9.13 Å². The molecule has 4 nitrogen and oxygen atoms in total. The summed E-state index contributed by atoms with van der Waals surface area (Å²) >= 11 is 0. The van der Waals surface area contributed by atoms with Crippen LogP contribution in [0, 0.1) is 22.7 Å². The van der Waals surface area contributed by atoms with Crippen LogP contribution in [0.25, 0.3) is 66.1 Å². The van der Waals surface area contributed by atoms with Crippen molar-refractivity contribution >= 4 is 43.6 Å². The third-order valence-corrected chi connectivity index (χ3v) is 9.47. The van der Waals surface area contributed by atoms with Crippen LogP contribution >= 0.6 is 0 Å². The molecule has 0 aliphatic carbocycles. The Morgan fingerprint density at radius 2 is 0.833 bits per heavy atom. The van der Waals surface area contributed by atoms with Gasteiger partial charge in [0.05, 0.1) is 61.8 Å². The van der Waals surface area contributed by atoms with Crippen LogP contribution in [0.1, 0.15) is 27.8 Å². The number of alkyl halides is 9. The second-order valence-electron chi connectivity index (χ2n) is 12.5. The maximum absolute atomic E-state index is 13.9. The summed E-state index contributed by atoms with van der Waals surface area (Å²) in [5, 5.41) is 22.2. The van der Waals surface area contributed by atoms with Crippen molar-refractivity contribution in [3.8, 4) is 34.6 Å². The Balaban J connectivity index is 1.54. The molecule has 8 aromatic rings. The molecule has 0 aliphatic rings. The van der Waals surface area contributed by atoms with E-state index in [0.717, 1.165) is 36.4 Å². The van der Waals surface area contributed by atoms with Crippen molar-refractivity contribution in [3.63, 3.8) is 0 Å². The highest BCUT2D eigenvalue weighted by Crippen LogP contribution is 2.43. The van der Waals surface area contributed by atoms with E-state index in [1.54, 1.807) is 57.7 Å². The number of fused-ring (bicyclic) bond motifs is 6. The summed E-state index contributed by atoms with van der Waals surface area (Å²) in [7, 11) is 0. The predicted octanol–water partition coefficient (Wildman–Crippen LogP) is 12.3. The quantitative estimate of drug-likeness (QED) is 0.170. The van der Waals surface area contributed by atoms with E-state index in [-0.39, 0.29) is 55.4 Å². The molecule has 0 saturated heterocycles. The summed E-state index contributed by atoms with van der Waals surface area (Å²) < 4.78 is 128. The lowest BCUT2D eigenvalue weighted by atomic mass is 9.95. The van der Waals surface area contributed by atoms with Gasteiger partial charge in [-0.05, 0) is 83.9 Å². The van der Waals surface area contributed by atoms with Crippen LogP contribution in [0.15, 0.2) is 115 Å². The number of aromatic nitrogens is 2. The second kappa shape index (κ2) is 11.9. The number of halogens is 9. The smallest absolute Gasteiger partial charge is 0.308 e. The summed E-state index contributed by atoms with van der Waals surface area (Å²) in [5.41, 5.74) is -1.67. The number of hydrogen-bond donors (Lipinski definition) is 0. The topological polar surface area (TPSA) is 57.4 Å². The van der Waals surface area contributed by atoms with Crippen molar-refractivity contribution in [2.24, 2.45) is 0 Å². The molecular weight excluding hydrogens is 719 g/mol. The first-order valence-electron chi connectivity index (χ1n) is 16.0. The fourth-order valence-electron chi connectivity index (χ4n) is 7.12. The molecule has 0 spiro atoms. The minimum Gasteiger partial charge on any atom is -0.308 e. The summed E-state index contributed by atoms with van der Waals surface area (Å²) in [6.45, 7) is 0. The van der Waals surface area contributed by atoms with Crippen LogP contribution in [-0.2, 0) is 18.5 Å². The number of nitrogens with zero attached hydrogens (tertiary/aromatic N) is 4. The molecule has 0 saturated carbocycles. The lowest BCUT2D eigenvalue weighted by molar-refractivity contribution is -0.138. The molecule has 0 bridgehead atoms. The SMILES string of the molecule is N#Cc1cc(C(F)(F)F)ccc1-c1cc(-n2c3ccccc3c3cc(C(F)(F)F)ccc32)c(C#N)c(-n2c3ccccc3c3cc(C(F)(F)F)ccc32)c1. The molecule has 0 unspecified atom stereocenters. The van der Waals surface area contributed by atoms with Crippen LogP contribution in [0.2, 0.25) is 0 Å². The van der Waals surface area contributed by atoms with Gasteiger partial charge in [-0.25, -0.2) is 0 Å². The standard InChI is InChI=1S/C41H19F9N4/c42-39(43,44)24-9-12-27(23(15-24)20-51)22-16-37(53-33-7-3-1-5-28(33)30-18-25(40(45,46)47)10-13-35(30)53)32(21-52)38(17-22)54-34-8-4-2-6-29(34)31-19-26(41(48,49)50)11-14-36(31)54/h1-19H. The second-order valence-corrected chi connectivity index (χ2v) is 12.5. The Bertz CT molecular complexity index is 2780. The molecule has 13 heteroatoms. The maximum atomic E-state index is 13.9. The average molecular weight is 739 g/mol. The van der Waals surface area contributed by atoms with E-state index < -0.39 is 35.2 Å². The van der Waals surface area contributed by atoms with E-state index in [9.17, 15) is 50.0 Å². The summed E-state index contributed by atoms with van der Waals surface area (Å²) in [6, 6.07) is 28.8. The normalized spacial score (nSPS) is 12.5. The zero-order chi connectivity index (χ0) is 38.3. The summed E-state index contributed by atoms with van der Waals surface area (Å²) in [5.74, 6) is 0. The largest absolute Gasteiger partial charge is 0.416 e. The third kappa shape index (κ3) is 5.39. The molecule has 2 heterocycles. The summed E-state index contributed by atoms with van der Waals surface area (Å²) in [6.07, 6.45) is -14.1. The Kier molecular flexibility index (Phi) is 7.57. The van der Waals surface area contributed by atoms with Crippen LogP contribution in [-0.4, -0.2) is 9.13 Å². The minimum absolute atomic E-state index is 0.0396. The van der Waals surface area contributed by atoms with Gasteiger partial charge in [-0.2, -0.15) is 50.0 Å². The van der Waals surface area contributed by atoms with Gasteiger partial charge in [-0.15, -0.1) is 0 Å². The number of para-hydroxylation sites is 2. The highest BCUT2D eigenvalue weighted by Gasteiger charge is 2.34. The molecular formula is C41H19F9N4. The molecule has 266 valence electrons. The number of rotatable bonds is 3. The molecule has 2 aromatic heterocycles. The van der Waals surface area contributed by atoms with Gasteiger partial charge in [-0.1, -0.05) is 42.5 Å². The molecule has 8 rings (SSSR count). The fraction of sp³-hybridized carbons (Fsp3) is 0.0732. The fourth-order valence-corrected chi connectivity index (χ4v) is 7.12. The van der Waals surface area contributed by atoms with Crippen LogP contribution in [0.5, 0.6) is 0 Å². The van der Waals surface area contributed by atoms with E-state index in [1.165, 1.54) is 24.3 Å². The van der Waals surface area contributed by atoms with Gasteiger partial charge < -0.3 is 9.13 Å². The highest BCUT2D eigenvalue weighted by molar-refractivity contribution is 6.11. The molecule has 0 N–H and O–H groups in total. The molecule has 0 radical (unpaired) electrons. The monoisotopic (exact) mass is 738 g/mol. The van der Waals surface area contributed by atoms with Crippen molar-refractivity contribution in [2.45, 2.75) is 18.5 Å². The van der Waals surface area contributed by atoms with E-state index in [4.69, 9.17) is 0 Å². The van der Waals surface area contributed by atoms with Gasteiger partial charge in [0.2, 0.25) is 0 Å². The lowest BCUT2D eigenvalue weighted by Crippen LogP contribution is -2.07. The Morgan fingerprint density at radius 1 is 0.426 bits per heavy atom. The zero-order valence-electron chi connectivity index (χ0n) is 27.2. The first-order valence-corrected chi connectivity index (χ1v) is 16.0. The first-order chi connectivity index (χ1) is 25.6. The van der Waals surface area contributed by atoms with Gasteiger partial charge in [-0.3, -0.25) is 0 Å². The van der Waals surface area contributed by atoms with Gasteiger partial charge in [0.15, 0.2) is 0 Å². The van der Waals surface area contributed by atoms with Crippen LogP contribution in [0.4, 0.5) is 39.5 Å². The first kappa shape index (κ1) is 34.4. The number of hydrogen-bond acceptors (Lipinski definition) is 2. The van der Waals surface area contributed by atoms with E-state index in [2.05, 4.69) is 6.07 Å². The maximum Gasteiger partial charge on any atom is 0.416 e. The Morgan fingerprint density at radius 3 is 1.26 bits per heavy atom. The molecule has 6 aromatic carbocycles. The molecule has 0 amide bonds. The van der Waals surface area contributed by atoms with Crippen LogP contribution in [0.3, 0.4) is 0 Å². The van der Waals surface area contributed by atoms with Crippen LogP contribution < -0.4 is 0 Å². The summed E-state index contributed by atoms with van der Waals surface area (Å²) in [4.78, 5) is 0. The van der Waals surface area contributed by atoms with Gasteiger partial charge in [0.1, 0.15) is 11.6 Å². The van der Waals surface area contributed by atoms with Gasteiger partial charge in [0.25, 0.3) is 0 Å². The van der Waals surface area contributed by atoms with Gasteiger partial charge in [0, 0.05) is 21.5 Å². The number of benzene rings is 6. The average Bonchev–Trinajstić information content (AvgIpc) is 3.65. The molecule has 0 atom stereocenters. The van der Waals surface area contributed by atoms with E-state index in [0.29, 0.717) is 27.9 Å². The van der Waals surface area contributed by atoms with Crippen molar-refractivity contribution in [2.75, 3.05) is 0 Å². The molecule has 0 fully saturated rings. The zero-order valence-corrected chi connectivity index (χ0v) is 27.2. The van der Waals surface area contributed by atoms with Gasteiger partial charge >= 0.3 is 18.5 Å². The van der Waals surface area contributed by atoms with E-state index in [1.807, 2.05) is 6.07 Å². The predicted molar refractivity (Wildman–Crippen MR) is 185 cm³/mol. The Hall–Kier alpha value is -6.73. The van der Waals surface area contributed by atoms with Crippen molar-refractivity contribution in [1.29, 1.82) is 10.5 Å². The third-order valence-electron chi connectivity index (χ3n) is 9.47. The van der Waals surface area contributed by atoms with E-state index >= 15 is 0 Å². The number of nitriles is 2. The minimum atomic E-state index is -4.78. The molecule has 0 aliphatic heterocycles.